The van der Waals surface area contributed by atoms with E-state index >= 15 is 0 Å². The molecule has 28 heavy (non-hydrogen) atoms. The van der Waals surface area contributed by atoms with Crippen LogP contribution >= 0.6 is 0 Å². The second kappa shape index (κ2) is 7.08. The minimum absolute atomic E-state index is 0.0366. The van der Waals surface area contributed by atoms with Crippen molar-refractivity contribution in [2.24, 2.45) is 11.1 Å². The largest absolute Gasteiger partial charge is 0.380 e. The zero-order valence-electron chi connectivity index (χ0n) is 15.3. The van der Waals surface area contributed by atoms with Gasteiger partial charge in [-0.25, -0.2) is 0 Å². The van der Waals surface area contributed by atoms with Crippen LogP contribution in [0.25, 0.3) is 0 Å². The Kier molecular flexibility index (Phi) is 4.74. The van der Waals surface area contributed by atoms with Gasteiger partial charge in [0.05, 0.1) is 24.3 Å². The van der Waals surface area contributed by atoms with Crippen molar-refractivity contribution in [1.29, 1.82) is 0 Å². The number of piperidine rings is 1. The average molecular weight is 386 g/mol. The third-order valence-corrected chi connectivity index (χ3v) is 5.58. The van der Waals surface area contributed by atoms with Gasteiger partial charge < -0.3 is 15.8 Å². The van der Waals surface area contributed by atoms with Gasteiger partial charge in [-0.1, -0.05) is 6.07 Å². The van der Waals surface area contributed by atoms with Gasteiger partial charge in [-0.3, -0.25) is 29.4 Å². The Morgan fingerprint density at radius 3 is 2.57 bits per heavy atom. The van der Waals surface area contributed by atoms with Gasteiger partial charge in [0.1, 0.15) is 6.04 Å². The zero-order chi connectivity index (χ0) is 19.9. The molecule has 0 aliphatic carbocycles. The third kappa shape index (κ3) is 3.11. The molecule has 0 saturated carbocycles. The normalized spacial score (nSPS) is 23.5. The summed E-state index contributed by atoms with van der Waals surface area (Å²) in [6.07, 6.45) is 0.249. The molecule has 0 bridgehead atoms. The number of imide groups is 2. The van der Waals surface area contributed by atoms with Gasteiger partial charge in [-0.2, -0.15) is 0 Å². The van der Waals surface area contributed by atoms with Crippen molar-refractivity contribution in [2.45, 2.75) is 25.4 Å². The zero-order valence-corrected chi connectivity index (χ0v) is 15.3. The molecule has 1 unspecified atom stereocenters. The number of rotatable bonds is 6. The molecule has 4 amide bonds. The monoisotopic (exact) mass is 386 g/mol. The molecule has 0 radical (unpaired) electrons. The van der Waals surface area contributed by atoms with E-state index in [-0.39, 0.29) is 29.4 Å². The van der Waals surface area contributed by atoms with Crippen molar-refractivity contribution >= 4 is 23.6 Å². The smallest absolute Gasteiger partial charge is 0.262 e. The quantitative estimate of drug-likeness (QED) is 0.543. The van der Waals surface area contributed by atoms with Crippen molar-refractivity contribution in [3.8, 4) is 0 Å². The van der Waals surface area contributed by atoms with Gasteiger partial charge in [-0.05, 0) is 24.1 Å². The molecule has 0 spiro atoms. The standard InChI is InChI=1S/C19H22N4O5/c20-7-19(9-28-10-19)8-21-6-11-1-2-12-13(5-11)18(27)23(17(12)26)14-3-4-15(24)22-16(14)25/h1-2,5,14,21H,3-4,6-10,20H2,(H,22,24,25). The number of benzene rings is 1. The molecule has 4 rings (SSSR count). The van der Waals surface area contributed by atoms with Gasteiger partial charge >= 0.3 is 0 Å². The van der Waals surface area contributed by atoms with E-state index < -0.39 is 29.7 Å². The van der Waals surface area contributed by atoms with Gasteiger partial charge in [-0.15, -0.1) is 0 Å². The lowest BCUT2D eigenvalue weighted by molar-refractivity contribution is -0.136. The van der Waals surface area contributed by atoms with Crippen molar-refractivity contribution < 1.29 is 23.9 Å². The minimum atomic E-state index is -0.949. The summed E-state index contributed by atoms with van der Waals surface area (Å²) in [6, 6.07) is 4.14. The molecule has 148 valence electrons. The van der Waals surface area contributed by atoms with E-state index in [1.54, 1.807) is 18.2 Å². The Labute approximate surface area is 161 Å². The lowest BCUT2D eigenvalue weighted by Crippen LogP contribution is -2.54. The van der Waals surface area contributed by atoms with Crippen molar-refractivity contribution in [2.75, 3.05) is 26.3 Å². The molecule has 1 aromatic carbocycles. The van der Waals surface area contributed by atoms with Crippen LogP contribution in [0.5, 0.6) is 0 Å². The molecule has 2 fully saturated rings. The molecule has 9 heteroatoms. The number of fused-ring (bicyclic) bond motifs is 1. The number of carbonyl (C=O) groups excluding carboxylic acids is 4. The second-order valence-corrected chi connectivity index (χ2v) is 7.63. The SMILES string of the molecule is NCC1(CNCc2ccc3c(c2)C(=O)N(C2CCC(=O)NC2=O)C3=O)COC1. The molecule has 3 aliphatic heterocycles. The summed E-state index contributed by atoms with van der Waals surface area (Å²) in [5.74, 6) is -1.99. The predicted octanol–water partition coefficient (Wildman–Crippen LogP) is -0.847. The number of ether oxygens (including phenoxy) is 1. The number of amides is 4. The number of carbonyl (C=O) groups is 4. The lowest BCUT2D eigenvalue weighted by atomic mass is 9.86. The van der Waals surface area contributed by atoms with Crippen molar-refractivity contribution in [1.82, 2.24) is 15.5 Å². The van der Waals surface area contributed by atoms with Crippen LogP contribution in [0, 0.1) is 5.41 Å². The summed E-state index contributed by atoms with van der Waals surface area (Å²) >= 11 is 0. The molecule has 0 aromatic heterocycles. The molecular formula is C19H22N4O5. The molecule has 2 saturated heterocycles. The molecule has 1 atom stereocenters. The average Bonchev–Trinajstić information content (AvgIpc) is 2.88. The van der Waals surface area contributed by atoms with Gasteiger partial charge in [0.25, 0.3) is 11.8 Å². The highest BCUT2D eigenvalue weighted by molar-refractivity contribution is 6.23. The first kappa shape index (κ1) is 18.7. The van der Waals surface area contributed by atoms with E-state index in [4.69, 9.17) is 10.5 Å². The number of nitrogens with zero attached hydrogens (tertiary/aromatic N) is 1. The summed E-state index contributed by atoms with van der Waals surface area (Å²) in [5.41, 5.74) is 7.19. The Morgan fingerprint density at radius 2 is 1.93 bits per heavy atom. The van der Waals surface area contributed by atoms with Crippen LogP contribution in [0.1, 0.15) is 39.1 Å². The fourth-order valence-corrected chi connectivity index (χ4v) is 3.78. The Hall–Kier alpha value is -2.62. The van der Waals surface area contributed by atoms with Gasteiger partial charge in [0, 0.05) is 31.5 Å². The highest BCUT2D eigenvalue weighted by Crippen LogP contribution is 2.29. The molecule has 3 heterocycles. The van der Waals surface area contributed by atoms with E-state index in [9.17, 15) is 19.2 Å². The summed E-state index contributed by atoms with van der Waals surface area (Å²) in [5, 5.41) is 5.52. The van der Waals surface area contributed by atoms with E-state index in [0.29, 0.717) is 32.8 Å². The first-order valence-corrected chi connectivity index (χ1v) is 9.27. The van der Waals surface area contributed by atoms with Gasteiger partial charge in [0.2, 0.25) is 11.8 Å². The molecule has 9 nitrogen and oxygen atoms in total. The van der Waals surface area contributed by atoms with E-state index in [1.165, 1.54) is 0 Å². The minimum Gasteiger partial charge on any atom is -0.380 e. The fraction of sp³-hybridized carbons (Fsp3) is 0.474. The highest BCUT2D eigenvalue weighted by atomic mass is 16.5. The number of nitrogens with two attached hydrogens (primary N) is 1. The van der Waals surface area contributed by atoms with E-state index in [0.717, 1.165) is 10.5 Å². The molecular weight excluding hydrogens is 364 g/mol. The molecule has 1 aromatic rings. The maximum atomic E-state index is 12.8. The van der Waals surface area contributed by atoms with Gasteiger partial charge in [0.15, 0.2) is 0 Å². The van der Waals surface area contributed by atoms with Crippen LogP contribution in [0.4, 0.5) is 0 Å². The summed E-state index contributed by atoms with van der Waals surface area (Å²) in [4.78, 5) is 49.9. The number of hydrogen-bond acceptors (Lipinski definition) is 7. The van der Waals surface area contributed by atoms with Crippen LogP contribution in [0.3, 0.4) is 0 Å². The van der Waals surface area contributed by atoms with E-state index in [1.807, 2.05) is 0 Å². The Morgan fingerprint density at radius 1 is 1.18 bits per heavy atom. The Bertz CT molecular complexity index is 858. The maximum absolute atomic E-state index is 12.8. The number of hydrogen-bond donors (Lipinski definition) is 3. The molecule has 4 N–H and O–H groups in total. The summed E-state index contributed by atoms with van der Waals surface area (Å²) in [7, 11) is 0. The van der Waals surface area contributed by atoms with Crippen LogP contribution < -0.4 is 16.4 Å². The fourth-order valence-electron chi connectivity index (χ4n) is 3.78. The first-order valence-electron chi connectivity index (χ1n) is 9.27. The van der Waals surface area contributed by atoms with Crippen LogP contribution in [0.2, 0.25) is 0 Å². The van der Waals surface area contributed by atoms with Crippen LogP contribution in [-0.2, 0) is 20.9 Å². The summed E-state index contributed by atoms with van der Waals surface area (Å²) in [6.45, 7) is 3.03. The Balaban J connectivity index is 1.46. The van der Waals surface area contributed by atoms with Crippen LogP contribution in [0.15, 0.2) is 18.2 Å². The number of nitrogens with one attached hydrogen (secondary N) is 2. The molecule has 3 aliphatic rings. The predicted molar refractivity (Wildman–Crippen MR) is 97.1 cm³/mol. The highest BCUT2D eigenvalue weighted by Gasteiger charge is 2.44. The first-order chi connectivity index (χ1) is 13.4. The lowest BCUT2D eigenvalue weighted by Gasteiger charge is -2.40. The maximum Gasteiger partial charge on any atom is 0.262 e. The third-order valence-electron chi connectivity index (χ3n) is 5.58. The van der Waals surface area contributed by atoms with Crippen LogP contribution in [-0.4, -0.2) is 60.9 Å². The summed E-state index contributed by atoms with van der Waals surface area (Å²) < 4.78 is 5.24. The second-order valence-electron chi connectivity index (χ2n) is 7.63. The van der Waals surface area contributed by atoms with Crippen molar-refractivity contribution in [3.63, 3.8) is 0 Å². The van der Waals surface area contributed by atoms with Crippen molar-refractivity contribution in [3.05, 3.63) is 34.9 Å². The van der Waals surface area contributed by atoms with E-state index in [2.05, 4.69) is 10.6 Å². The topological polar surface area (TPSA) is 131 Å².